The summed E-state index contributed by atoms with van der Waals surface area (Å²) in [6.07, 6.45) is 6.20. The van der Waals surface area contributed by atoms with E-state index in [1.165, 1.54) is 16.9 Å². The molecule has 0 radical (unpaired) electrons. The molecule has 1 heterocycles. The lowest BCUT2D eigenvalue weighted by Crippen LogP contribution is -2.48. The number of amides is 1. The van der Waals surface area contributed by atoms with Crippen LogP contribution < -0.4 is 11.1 Å². The van der Waals surface area contributed by atoms with Gasteiger partial charge in [-0.15, -0.1) is 11.3 Å². The Balaban J connectivity index is 1.63. The van der Waals surface area contributed by atoms with Crippen molar-refractivity contribution in [2.24, 2.45) is 5.73 Å². The van der Waals surface area contributed by atoms with Crippen LogP contribution in [0.2, 0.25) is 0 Å². The fourth-order valence-electron chi connectivity index (χ4n) is 2.71. The summed E-state index contributed by atoms with van der Waals surface area (Å²) < 4.78 is 1.07. The van der Waals surface area contributed by atoms with E-state index in [-0.39, 0.29) is 5.91 Å². The highest BCUT2D eigenvalue weighted by Gasteiger charge is 2.37. The standard InChI is InChI=1S/C16H18BrN3OS/c17-12-5-3-11(4-6-12)9-13-10-19-15(22-13)20-14(21)16(18)7-1-2-8-16/h3-6,10H,1-2,7-9,18H2,(H,19,20,21). The Morgan fingerprint density at radius 1 is 1.32 bits per heavy atom. The monoisotopic (exact) mass is 379 g/mol. The summed E-state index contributed by atoms with van der Waals surface area (Å²) in [4.78, 5) is 17.7. The molecule has 0 spiro atoms. The Morgan fingerprint density at radius 2 is 2.00 bits per heavy atom. The third kappa shape index (κ3) is 3.56. The number of halogens is 1. The Morgan fingerprint density at radius 3 is 2.68 bits per heavy atom. The second-order valence-electron chi connectivity index (χ2n) is 5.75. The van der Waals surface area contributed by atoms with E-state index in [0.717, 1.165) is 41.5 Å². The normalized spacial score (nSPS) is 16.6. The molecule has 1 aliphatic carbocycles. The maximum absolute atomic E-state index is 12.3. The first-order valence-corrected chi connectivity index (χ1v) is 8.96. The van der Waals surface area contributed by atoms with E-state index in [0.29, 0.717) is 5.13 Å². The van der Waals surface area contributed by atoms with Crippen LogP contribution in [0.1, 0.15) is 36.1 Å². The quantitative estimate of drug-likeness (QED) is 0.850. The number of nitrogens with zero attached hydrogens (tertiary/aromatic N) is 1. The van der Waals surface area contributed by atoms with Crippen LogP contribution in [0.4, 0.5) is 5.13 Å². The molecule has 3 rings (SSSR count). The minimum Gasteiger partial charge on any atom is -0.317 e. The summed E-state index contributed by atoms with van der Waals surface area (Å²) in [5, 5.41) is 3.51. The number of aromatic nitrogens is 1. The molecule has 0 atom stereocenters. The van der Waals surface area contributed by atoms with Gasteiger partial charge in [0.1, 0.15) is 0 Å². The summed E-state index contributed by atoms with van der Waals surface area (Å²) in [6.45, 7) is 0. The number of carbonyl (C=O) groups is 1. The molecule has 0 unspecified atom stereocenters. The van der Waals surface area contributed by atoms with Crippen molar-refractivity contribution in [2.45, 2.75) is 37.6 Å². The van der Waals surface area contributed by atoms with Crippen LogP contribution in [-0.2, 0) is 11.2 Å². The molecule has 22 heavy (non-hydrogen) atoms. The third-order valence-corrected chi connectivity index (χ3v) is 5.46. The molecule has 3 N–H and O–H groups in total. The van der Waals surface area contributed by atoms with E-state index in [9.17, 15) is 4.79 Å². The number of anilines is 1. The summed E-state index contributed by atoms with van der Waals surface area (Å²) in [7, 11) is 0. The molecule has 1 aromatic carbocycles. The van der Waals surface area contributed by atoms with E-state index < -0.39 is 5.54 Å². The molecule has 0 bridgehead atoms. The van der Waals surface area contributed by atoms with Gasteiger partial charge in [0, 0.05) is 22.0 Å². The molecule has 1 fully saturated rings. The van der Waals surface area contributed by atoms with Crippen molar-refractivity contribution in [3.63, 3.8) is 0 Å². The van der Waals surface area contributed by atoms with Gasteiger partial charge in [-0.2, -0.15) is 0 Å². The lowest BCUT2D eigenvalue weighted by molar-refractivity contribution is -0.121. The van der Waals surface area contributed by atoms with Crippen molar-refractivity contribution in [3.05, 3.63) is 45.4 Å². The minimum absolute atomic E-state index is 0.102. The predicted molar refractivity (Wildman–Crippen MR) is 93.1 cm³/mol. The fraction of sp³-hybridized carbons (Fsp3) is 0.375. The van der Waals surface area contributed by atoms with Crippen molar-refractivity contribution in [3.8, 4) is 0 Å². The Kier molecular flexibility index (Phi) is 4.61. The van der Waals surface area contributed by atoms with Gasteiger partial charge in [-0.05, 0) is 30.5 Å². The van der Waals surface area contributed by atoms with Gasteiger partial charge in [-0.3, -0.25) is 4.79 Å². The second-order valence-corrected chi connectivity index (χ2v) is 7.78. The average molecular weight is 380 g/mol. The summed E-state index contributed by atoms with van der Waals surface area (Å²) in [5.74, 6) is -0.102. The van der Waals surface area contributed by atoms with Gasteiger partial charge in [-0.25, -0.2) is 4.98 Å². The number of thiazole rings is 1. The zero-order chi connectivity index (χ0) is 15.6. The molecular weight excluding hydrogens is 362 g/mol. The van der Waals surface area contributed by atoms with Crippen LogP contribution >= 0.6 is 27.3 Å². The smallest absolute Gasteiger partial charge is 0.246 e. The first-order valence-electron chi connectivity index (χ1n) is 7.35. The van der Waals surface area contributed by atoms with E-state index >= 15 is 0 Å². The Bertz CT molecular complexity index is 662. The molecule has 1 amide bonds. The van der Waals surface area contributed by atoms with Gasteiger partial charge < -0.3 is 11.1 Å². The van der Waals surface area contributed by atoms with Gasteiger partial charge >= 0.3 is 0 Å². The Hall–Kier alpha value is -1.24. The van der Waals surface area contributed by atoms with Gasteiger partial charge in [0.05, 0.1) is 5.54 Å². The summed E-state index contributed by atoms with van der Waals surface area (Å²) in [5.41, 5.74) is 6.66. The van der Waals surface area contributed by atoms with Gasteiger partial charge in [0.25, 0.3) is 0 Å². The largest absolute Gasteiger partial charge is 0.317 e. The first-order chi connectivity index (χ1) is 10.5. The fourth-order valence-corrected chi connectivity index (χ4v) is 3.81. The molecule has 4 nitrogen and oxygen atoms in total. The van der Waals surface area contributed by atoms with Crippen LogP contribution in [0.5, 0.6) is 0 Å². The first kappa shape index (κ1) is 15.6. The van der Waals surface area contributed by atoms with Crippen molar-refractivity contribution in [1.82, 2.24) is 4.98 Å². The predicted octanol–water partition coefficient (Wildman–Crippen LogP) is 3.71. The third-order valence-electron chi connectivity index (χ3n) is 4.01. The SMILES string of the molecule is NC1(C(=O)Nc2ncc(Cc3ccc(Br)cc3)s2)CCCC1. The van der Waals surface area contributed by atoms with Gasteiger partial charge in [0.2, 0.25) is 5.91 Å². The van der Waals surface area contributed by atoms with Gasteiger partial charge in [-0.1, -0.05) is 40.9 Å². The molecule has 2 aromatic rings. The van der Waals surface area contributed by atoms with Crippen molar-refractivity contribution in [2.75, 3.05) is 5.32 Å². The van der Waals surface area contributed by atoms with Crippen LogP contribution in [0.15, 0.2) is 34.9 Å². The van der Waals surface area contributed by atoms with Gasteiger partial charge in [0.15, 0.2) is 5.13 Å². The molecular formula is C16H18BrN3OS. The zero-order valence-corrected chi connectivity index (χ0v) is 14.5. The average Bonchev–Trinajstić information content (AvgIpc) is 3.12. The minimum atomic E-state index is -0.711. The van der Waals surface area contributed by atoms with E-state index in [1.807, 2.05) is 18.3 Å². The number of rotatable bonds is 4. The van der Waals surface area contributed by atoms with Crippen molar-refractivity contribution < 1.29 is 4.79 Å². The molecule has 6 heteroatoms. The molecule has 1 aromatic heterocycles. The summed E-state index contributed by atoms with van der Waals surface area (Å²) >= 11 is 4.94. The molecule has 1 aliphatic rings. The Labute approximate surface area is 142 Å². The van der Waals surface area contributed by atoms with Crippen LogP contribution in [0.3, 0.4) is 0 Å². The highest BCUT2D eigenvalue weighted by Crippen LogP contribution is 2.29. The van der Waals surface area contributed by atoms with Crippen LogP contribution in [0, 0.1) is 0 Å². The van der Waals surface area contributed by atoms with E-state index in [4.69, 9.17) is 5.73 Å². The molecule has 0 saturated heterocycles. The van der Waals surface area contributed by atoms with Crippen LogP contribution in [-0.4, -0.2) is 16.4 Å². The second kappa shape index (κ2) is 6.48. The number of nitrogens with one attached hydrogen (secondary N) is 1. The lowest BCUT2D eigenvalue weighted by Gasteiger charge is -2.21. The number of carbonyl (C=O) groups excluding carboxylic acids is 1. The molecule has 0 aliphatic heterocycles. The van der Waals surface area contributed by atoms with Crippen molar-refractivity contribution >= 4 is 38.3 Å². The highest BCUT2D eigenvalue weighted by atomic mass is 79.9. The number of hydrogen-bond donors (Lipinski definition) is 2. The number of benzene rings is 1. The van der Waals surface area contributed by atoms with Crippen molar-refractivity contribution in [1.29, 1.82) is 0 Å². The maximum atomic E-state index is 12.3. The highest BCUT2D eigenvalue weighted by molar-refractivity contribution is 9.10. The molecule has 1 saturated carbocycles. The number of hydrogen-bond acceptors (Lipinski definition) is 4. The van der Waals surface area contributed by atoms with E-state index in [1.54, 1.807) is 0 Å². The van der Waals surface area contributed by atoms with E-state index in [2.05, 4.69) is 38.4 Å². The van der Waals surface area contributed by atoms with Crippen LogP contribution in [0.25, 0.3) is 0 Å². The number of nitrogens with two attached hydrogens (primary N) is 1. The maximum Gasteiger partial charge on any atom is 0.246 e. The topological polar surface area (TPSA) is 68.0 Å². The lowest BCUT2D eigenvalue weighted by atomic mass is 9.98. The molecule has 116 valence electrons. The zero-order valence-electron chi connectivity index (χ0n) is 12.1. The summed E-state index contributed by atoms with van der Waals surface area (Å²) in [6, 6.07) is 8.21.